The minimum atomic E-state index is -0.275. The second-order valence-electron chi connectivity index (χ2n) is 4.99. The van der Waals surface area contributed by atoms with Crippen LogP contribution in [0.2, 0.25) is 0 Å². The van der Waals surface area contributed by atoms with Crippen LogP contribution in [0.1, 0.15) is 31.7 Å². The molecule has 2 unspecified atom stereocenters. The molecule has 2 rings (SSSR count). The number of ketones is 1. The van der Waals surface area contributed by atoms with E-state index in [1.807, 2.05) is 0 Å². The lowest BCUT2D eigenvalue weighted by Crippen LogP contribution is -2.14. The van der Waals surface area contributed by atoms with Crippen LogP contribution in [0.3, 0.4) is 0 Å². The van der Waals surface area contributed by atoms with E-state index < -0.39 is 0 Å². The molecule has 1 aromatic carbocycles. The smallest absolute Gasteiger partial charge is 0.140 e. The van der Waals surface area contributed by atoms with E-state index in [2.05, 4.69) is 22.9 Å². The average molecular weight is 299 g/mol. The van der Waals surface area contributed by atoms with Crippen molar-refractivity contribution < 1.29 is 9.18 Å². The Morgan fingerprint density at radius 1 is 1.47 bits per heavy atom. The first kappa shape index (κ1) is 12.7. The zero-order valence-corrected chi connectivity index (χ0v) is 11.5. The van der Waals surface area contributed by atoms with Gasteiger partial charge < -0.3 is 0 Å². The summed E-state index contributed by atoms with van der Waals surface area (Å²) >= 11 is 3.30. The Labute approximate surface area is 110 Å². The maximum absolute atomic E-state index is 12.9. The fraction of sp³-hybridized carbons (Fsp3) is 0.500. The van der Waals surface area contributed by atoms with Crippen LogP contribution in [0.15, 0.2) is 22.7 Å². The molecule has 1 aliphatic carbocycles. The Balaban J connectivity index is 2.03. The number of carbonyl (C=O) groups is 1. The topological polar surface area (TPSA) is 17.1 Å². The number of carbonyl (C=O) groups excluding carboxylic acids is 1. The summed E-state index contributed by atoms with van der Waals surface area (Å²) in [5, 5.41) is 0. The van der Waals surface area contributed by atoms with Crippen molar-refractivity contribution >= 4 is 21.7 Å². The highest BCUT2D eigenvalue weighted by atomic mass is 79.9. The molecule has 0 heterocycles. The van der Waals surface area contributed by atoms with E-state index in [1.54, 1.807) is 6.07 Å². The van der Waals surface area contributed by atoms with Crippen LogP contribution in [0.25, 0.3) is 0 Å². The monoisotopic (exact) mass is 298 g/mol. The molecule has 3 heteroatoms. The van der Waals surface area contributed by atoms with E-state index in [0.717, 1.165) is 24.8 Å². The number of hydrogen-bond acceptors (Lipinski definition) is 1. The summed E-state index contributed by atoms with van der Waals surface area (Å²) in [6, 6.07) is 4.51. The fourth-order valence-corrected chi connectivity index (χ4v) is 2.99. The van der Waals surface area contributed by atoms with Crippen molar-refractivity contribution in [3.05, 3.63) is 34.1 Å². The van der Waals surface area contributed by atoms with Gasteiger partial charge in [0.1, 0.15) is 11.6 Å². The third-order valence-corrected chi connectivity index (χ3v) is 4.27. The van der Waals surface area contributed by atoms with Gasteiger partial charge in [0, 0.05) is 16.8 Å². The predicted octanol–water partition coefficient (Wildman–Crippen LogP) is 4.14. The Morgan fingerprint density at radius 2 is 2.24 bits per heavy atom. The molecular weight excluding hydrogens is 283 g/mol. The molecule has 0 aliphatic heterocycles. The molecule has 1 saturated carbocycles. The van der Waals surface area contributed by atoms with Gasteiger partial charge in [0.25, 0.3) is 0 Å². The standard InChI is InChI=1S/C14H16BrFO/c1-9-2-3-11(6-9)14(17)7-10-4-5-12(16)8-13(10)15/h4-5,8-9,11H,2-3,6-7H2,1H3. The number of benzene rings is 1. The zero-order chi connectivity index (χ0) is 12.4. The summed E-state index contributed by atoms with van der Waals surface area (Å²) in [6.07, 6.45) is 3.59. The lowest BCUT2D eigenvalue weighted by atomic mass is 9.96. The van der Waals surface area contributed by atoms with Crippen LogP contribution < -0.4 is 0 Å². The zero-order valence-electron chi connectivity index (χ0n) is 9.88. The van der Waals surface area contributed by atoms with Gasteiger partial charge in [-0.1, -0.05) is 28.9 Å². The van der Waals surface area contributed by atoms with E-state index in [4.69, 9.17) is 0 Å². The van der Waals surface area contributed by atoms with Crippen molar-refractivity contribution in [1.29, 1.82) is 0 Å². The van der Waals surface area contributed by atoms with Gasteiger partial charge in [-0.3, -0.25) is 4.79 Å². The third kappa shape index (κ3) is 3.15. The maximum Gasteiger partial charge on any atom is 0.140 e. The van der Waals surface area contributed by atoms with Crippen molar-refractivity contribution in [2.75, 3.05) is 0 Å². The fourth-order valence-electron chi connectivity index (χ4n) is 2.50. The Kier molecular flexibility index (Phi) is 3.97. The highest BCUT2D eigenvalue weighted by Crippen LogP contribution is 2.32. The van der Waals surface area contributed by atoms with Crippen LogP contribution in [0.4, 0.5) is 4.39 Å². The molecule has 0 bridgehead atoms. The predicted molar refractivity (Wildman–Crippen MR) is 69.3 cm³/mol. The van der Waals surface area contributed by atoms with Crippen molar-refractivity contribution in [3.8, 4) is 0 Å². The van der Waals surface area contributed by atoms with Crippen molar-refractivity contribution in [2.24, 2.45) is 11.8 Å². The molecule has 0 saturated heterocycles. The molecular formula is C14H16BrFO. The van der Waals surface area contributed by atoms with E-state index in [-0.39, 0.29) is 11.7 Å². The second-order valence-corrected chi connectivity index (χ2v) is 5.85. The lowest BCUT2D eigenvalue weighted by molar-refractivity contribution is -0.122. The van der Waals surface area contributed by atoms with Gasteiger partial charge in [-0.15, -0.1) is 0 Å². The lowest BCUT2D eigenvalue weighted by Gasteiger charge is -2.09. The van der Waals surface area contributed by atoms with Gasteiger partial charge in [-0.2, -0.15) is 0 Å². The maximum atomic E-state index is 12.9. The normalized spacial score (nSPS) is 23.9. The van der Waals surface area contributed by atoms with Crippen LogP contribution in [-0.2, 0) is 11.2 Å². The van der Waals surface area contributed by atoms with Crippen LogP contribution in [-0.4, -0.2) is 5.78 Å². The second kappa shape index (κ2) is 5.30. The number of halogens is 2. The Bertz CT molecular complexity index is 430. The van der Waals surface area contributed by atoms with Gasteiger partial charge >= 0.3 is 0 Å². The van der Waals surface area contributed by atoms with E-state index in [9.17, 15) is 9.18 Å². The van der Waals surface area contributed by atoms with Crippen LogP contribution in [0, 0.1) is 17.7 Å². The van der Waals surface area contributed by atoms with Crippen molar-refractivity contribution in [3.63, 3.8) is 0 Å². The summed E-state index contributed by atoms with van der Waals surface area (Å²) in [6.45, 7) is 2.20. The van der Waals surface area contributed by atoms with Gasteiger partial charge in [-0.05, 0) is 42.9 Å². The van der Waals surface area contributed by atoms with Gasteiger partial charge in [0.15, 0.2) is 0 Å². The largest absolute Gasteiger partial charge is 0.299 e. The molecule has 1 fully saturated rings. The van der Waals surface area contributed by atoms with Crippen molar-refractivity contribution in [2.45, 2.75) is 32.6 Å². The summed E-state index contributed by atoms with van der Waals surface area (Å²) in [5.41, 5.74) is 0.885. The van der Waals surface area contributed by atoms with E-state index in [0.29, 0.717) is 22.6 Å². The van der Waals surface area contributed by atoms with E-state index in [1.165, 1.54) is 12.1 Å². The molecule has 0 N–H and O–H groups in total. The van der Waals surface area contributed by atoms with Gasteiger partial charge in [0.2, 0.25) is 0 Å². The minimum absolute atomic E-state index is 0.210. The first-order valence-electron chi connectivity index (χ1n) is 6.03. The average Bonchev–Trinajstić information content (AvgIpc) is 2.69. The van der Waals surface area contributed by atoms with Crippen LogP contribution in [0.5, 0.6) is 0 Å². The van der Waals surface area contributed by atoms with Gasteiger partial charge in [0.05, 0.1) is 0 Å². The number of rotatable bonds is 3. The first-order valence-corrected chi connectivity index (χ1v) is 6.82. The quantitative estimate of drug-likeness (QED) is 0.820. The number of Topliss-reactive ketones (excluding diaryl/α,β-unsaturated/α-hetero) is 1. The minimum Gasteiger partial charge on any atom is -0.299 e. The molecule has 0 aromatic heterocycles. The highest BCUT2D eigenvalue weighted by Gasteiger charge is 2.27. The molecule has 1 aromatic rings. The molecule has 1 nitrogen and oxygen atoms in total. The summed E-state index contributed by atoms with van der Waals surface area (Å²) in [7, 11) is 0. The van der Waals surface area contributed by atoms with E-state index >= 15 is 0 Å². The molecule has 17 heavy (non-hydrogen) atoms. The highest BCUT2D eigenvalue weighted by molar-refractivity contribution is 9.10. The number of hydrogen-bond donors (Lipinski definition) is 0. The van der Waals surface area contributed by atoms with Crippen LogP contribution >= 0.6 is 15.9 Å². The summed E-state index contributed by atoms with van der Waals surface area (Å²) in [4.78, 5) is 12.1. The Morgan fingerprint density at radius 3 is 2.82 bits per heavy atom. The first-order chi connectivity index (χ1) is 8.06. The Hall–Kier alpha value is -0.700. The third-order valence-electron chi connectivity index (χ3n) is 3.53. The molecule has 0 amide bonds. The molecule has 0 radical (unpaired) electrons. The van der Waals surface area contributed by atoms with Gasteiger partial charge in [-0.25, -0.2) is 4.39 Å². The summed E-state index contributed by atoms with van der Waals surface area (Å²) in [5.74, 6) is 0.895. The molecule has 1 aliphatic rings. The molecule has 92 valence electrons. The molecule has 2 atom stereocenters. The SMILES string of the molecule is CC1CCC(C(=O)Cc2ccc(F)cc2Br)C1. The van der Waals surface area contributed by atoms with Crippen molar-refractivity contribution in [1.82, 2.24) is 0 Å². The molecule has 0 spiro atoms. The summed E-state index contributed by atoms with van der Waals surface area (Å²) < 4.78 is 13.6.